The summed E-state index contributed by atoms with van der Waals surface area (Å²) in [6, 6.07) is 23.9. The second kappa shape index (κ2) is 11.8. The van der Waals surface area contributed by atoms with Gasteiger partial charge in [-0.25, -0.2) is 9.59 Å². The van der Waals surface area contributed by atoms with Crippen molar-refractivity contribution in [3.8, 4) is 11.5 Å². The van der Waals surface area contributed by atoms with Gasteiger partial charge in [0.25, 0.3) is 0 Å². The third-order valence-electron chi connectivity index (χ3n) is 5.39. The van der Waals surface area contributed by atoms with E-state index in [4.69, 9.17) is 9.47 Å². The monoisotopic (exact) mass is 454 g/mol. The topological polar surface area (TPSA) is 52.6 Å². The summed E-state index contributed by atoms with van der Waals surface area (Å²) in [5, 5.41) is 0. The molecule has 174 valence electrons. The van der Waals surface area contributed by atoms with Crippen LogP contribution in [0.5, 0.6) is 11.5 Å². The zero-order valence-electron chi connectivity index (χ0n) is 19.8. The van der Waals surface area contributed by atoms with E-state index in [9.17, 15) is 9.59 Å². The van der Waals surface area contributed by atoms with Gasteiger partial charge < -0.3 is 9.47 Å². The Morgan fingerprint density at radius 3 is 1.00 bits per heavy atom. The van der Waals surface area contributed by atoms with Crippen LogP contribution < -0.4 is 9.47 Å². The standard InChI is InChI=1S/C30H30O4/c1-21(2)29(31)33-27-17-13-25(14-18-27)11-9-23-5-7-24(8-6-23)10-12-26-15-19-28(20-16-26)34-30(32)22(3)4/h5-8,13-20H,1,3,9-12H2,2,4H3. The molecule has 0 aliphatic carbocycles. The first-order valence-electron chi connectivity index (χ1n) is 11.3. The number of hydrogen-bond acceptors (Lipinski definition) is 4. The molecule has 0 N–H and O–H groups in total. The number of aryl methyl sites for hydroxylation is 4. The van der Waals surface area contributed by atoms with Crippen LogP contribution in [0.4, 0.5) is 0 Å². The molecule has 34 heavy (non-hydrogen) atoms. The molecule has 0 unspecified atom stereocenters. The Morgan fingerprint density at radius 2 is 0.765 bits per heavy atom. The van der Waals surface area contributed by atoms with Crippen LogP contribution in [0.2, 0.25) is 0 Å². The molecule has 0 aliphatic rings. The minimum absolute atomic E-state index is 0.382. The van der Waals surface area contributed by atoms with E-state index >= 15 is 0 Å². The van der Waals surface area contributed by atoms with Crippen LogP contribution >= 0.6 is 0 Å². The molecule has 0 amide bonds. The number of hydrogen-bond donors (Lipinski definition) is 0. The molecular formula is C30H30O4. The van der Waals surface area contributed by atoms with Crippen LogP contribution in [0.1, 0.15) is 36.1 Å². The number of rotatable bonds is 10. The SMILES string of the molecule is C=C(C)C(=O)Oc1ccc(CCc2ccc(CCc3ccc(OC(=O)C(=C)C)cc3)cc2)cc1. The lowest BCUT2D eigenvalue weighted by molar-refractivity contribution is -0.130. The lowest BCUT2D eigenvalue weighted by Gasteiger charge is -2.08. The summed E-state index contributed by atoms with van der Waals surface area (Å²) in [5.74, 6) is 0.245. The highest BCUT2D eigenvalue weighted by Gasteiger charge is 2.06. The Balaban J connectivity index is 1.45. The van der Waals surface area contributed by atoms with Crippen molar-refractivity contribution in [3.05, 3.63) is 119 Å². The van der Waals surface area contributed by atoms with Crippen LogP contribution in [0, 0.1) is 0 Å². The van der Waals surface area contributed by atoms with E-state index in [1.54, 1.807) is 13.8 Å². The fraction of sp³-hybridized carbons (Fsp3) is 0.200. The van der Waals surface area contributed by atoms with E-state index in [1.165, 1.54) is 22.3 Å². The predicted octanol–water partition coefficient (Wildman–Crippen LogP) is 6.22. The van der Waals surface area contributed by atoms with Crippen molar-refractivity contribution in [2.75, 3.05) is 0 Å². The van der Waals surface area contributed by atoms with E-state index < -0.39 is 11.9 Å². The van der Waals surface area contributed by atoms with E-state index in [-0.39, 0.29) is 0 Å². The maximum Gasteiger partial charge on any atom is 0.338 e. The summed E-state index contributed by atoms with van der Waals surface area (Å²) in [6.45, 7) is 10.4. The Hall–Kier alpha value is -3.92. The van der Waals surface area contributed by atoms with Gasteiger partial charge in [-0.15, -0.1) is 0 Å². The summed E-state index contributed by atoms with van der Waals surface area (Å²) in [4.78, 5) is 23.2. The van der Waals surface area contributed by atoms with Gasteiger partial charge in [0.1, 0.15) is 11.5 Å². The highest BCUT2D eigenvalue weighted by Crippen LogP contribution is 2.17. The van der Waals surface area contributed by atoms with Gasteiger partial charge in [0, 0.05) is 11.1 Å². The van der Waals surface area contributed by atoms with Crippen LogP contribution in [0.15, 0.2) is 97.1 Å². The average molecular weight is 455 g/mol. The molecule has 3 rings (SSSR count). The summed E-state index contributed by atoms with van der Waals surface area (Å²) in [5.41, 5.74) is 5.71. The normalized spacial score (nSPS) is 10.4. The number of ether oxygens (including phenoxy) is 2. The smallest absolute Gasteiger partial charge is 0.338 e. The molecule has 0 atom stereocenters. The van der Waals surface area contributed by atoms with E-state index in [0.29, 0.717) is 22.6 Å². The van der Waals surface area contributed by atoms with Crippen molar-refractivity contribution in [3.63, 3.8) is 0 Å². The molecule has 0 spiro atoms. The van der Waals surface area contributed by atoms with Gasteiger partial charge in [-0.2, -0.15) is 0 Å². The van der Waals surface area contributed by atoms with Crippen LogP contribution in [0.25, 0.3) is 0 Å². The zero-order valence-corrected chi connectivity index (χ0v) is 19.8. The number of benzene rings is 3. The van der Waals surface area contributed by atoms with Gasteiger partial charge in [0.15, 0.2) is 0 Å². The van der Waals surface area contributed by atoms with E-state index in [1.807, 2.05) is 48.5 Å². The van der Waals surface area contributed by atoms with Gasteiger partial charge in [0.2, 0.25) is 0 Å². The Labute approximate surface area is 201 Å². The lowest BCUT2D eigenvalue weighted by atomic mass is 10.0. The molecule has 0 heterocycles. The van der Waals surface area contributed by atoms with Gasteiger partial charge in [0.05, 0.1) is 0 Å². The second-order valence-corrected chi connectivity index (χ2v) is 8.44. The minimum Gasteiger partial charge on any atom is -0.423 e. The molecule has 3 aromatic carbocycles. The van der Waals surface area contributed by atoms with Gasteiger partial charge >= 0.3 is 11.9 Å². The third kappa shape index (κ3) is 7.59. The molecule has 4 heteroatoms. The predicted molar refractivity (Wildman–Crippen MR) is 135 cm³/mol. The number of carbonyl (C=O) groups is 2. The molecule has 0 radical (unpaired) electrons. The number of carbonyl (C=O) groups excluding carboxylic acids is 2. The van der Waals surface area contributed by atoms with Crippen molar-refractivity contribution in [2.45, 2.75) is 39.5 Å². The van der Waals surface area contributed by atoms with E-state index in [0.717, 1.165) is 25.7 Å². The third-order valence-corrected chi connectivity index (χ3v) is 5.39. The van der Waals surface area contributed by atoms with Crippen molar-refractivity contribution < 1.29 is 19.1 Å². The first-order valence-corrected chi connectivity index (χ1v) is 11.3. The molecule has 0 aromatic heterocycles. The largest absolute Gasteiger partial charge is 0.423 e. The lowest BCUT2D eigenvalue weighted by Crippen LogP contribution is -2.08. The quantitative estimate of drug-likeness (QED) is 0.207. The molecule has 3 aromatic rings. The first kappa shape index (κ1) is 24.7. The van der Waals surface area contributed by atoms with Crippen molar-refractivity contribution >= 4 is 11.9 Å². The number of esters is 2. The maximum atomic E-state index is 11.6. The van der Waals surface area contributed by atoms with Crippen LogP contribution in [-0.2, 0) is 35.3 Å². The van der Waals surface area contributed by atoms with Gasteiger partial charge in [-0.3, -0.25) is 0 Å². The van der Waals surface area contributed by atoms with Crippen LogP contribution in [0.3, 0.4) is 0 Å². The molecular weight excluding hydrogens is 424 g/mol. The molecule has 0 bridgehead atoms. The molecule has 4 nitrogen and oxygen atoms in total. The average Bonchev–Trinajstić information content (AvgIpc) is 2.83. The van der Waals surface area contributed by atoms with Gasteiger partial charge in [-0.05, 0) is 86.1 Å². The minimum atomic E-state index is -0.408. The summed E-state index contributed by atoms with van der Waals surface area (Å²) in [6.07, 6.45) is 3.71. The maximum absolute atomic E-state index is 11.6. The van der Waals surface area contributed by atoms with Crippen molar-refractivity contribution in [2.24, 2.45) is 0 Å². The molecule has 0 aliphatic heterocycles. The highest BCUT2D eigenvalue weighted by atomic mass is 16.5. The Kier molecular flexibility index (Phi) is 8.58. The van der Waals surface area contributed by atoms with Crippen molar-refractivity contribution in [1.82, 2.24) is 0 Å². The molecule has 0 saturated heterocycles. The fourth-order valence-corrected chi connectivity index (χ4v) is 3.29. The Morgan fingerprint density at radius 1 is 0.529 bits per heavy atom. The van der Waals surface area contributed by atoms with Gasteiger partial charge in [-0.1, -0.05) is 61.7 Å². The highest BCUT2D eigenvalue weighted by molar-refractivity contribution is 5.89. The summed E-state index contributed by atoms with van der Waals surface area (Å²) < 4.78 is 10.5. The fourth-order valence-electron chi connectivity index (χ4n) is 3.29. The summed E-state index contributed by atoms with van der Waals surface area (Å²) in [7, 11) is 0. The van der Waals surface area contributed by atoms with E-state index in [2.05, 4.69) is 37.4 Å². The van der Waals surface area contributed by atoms with Crippen molar-refractivity contribution in [1.29, 1.82) is 0 Å². The molecule has 0 saturated carbocycles. The Bertz CT molecular complexity index is 1060. The zero-order chi connectivity index (χ0) is 24.5. The summed E-state index contributed by atoms with van der Waals surface area (Å²) >= 11 is 0. The van der Waals surface area contributed by atoms with Crippen LogP contribution in [-0.4, -0.2) is 11.9 Å². The second-order valence-electron chi connectivity index (χ2n) is 8.44. The first-order chi connectivity index (χ1) is 16.3. The molecule has 0 fully saturated rings.